The van der Waals surface area contributed by atoms with Crippen LogP contribution >= 0.6 is 0 Å². The molecule has 0 fully saturated rings. The van der Waals surface area contributed by atoms with Crippen LogP contribution in [0.5, 0.6) is 0 Å². The highest BCUT2D eigenvalue weighted by atomic mass is 16.2. The molecule has 1 aromatic heterocycles. The highest BCUT2D eigenvalue weighted by molar-refractivity contribution is 5.59. The molecule has 1 heterocycles. The quantitative estimate of drug-likeness (QED) is 0.506. The SMILES string of the molecule is CN(C)Nc1c(N)n(C)c(=O)[nH]c1=O. The Labute approximate surface area is 80.1 Å². The molecular weight excluding hydrogens is 186 g/mol. The molecule has 0 spiro atoms. The molecule has 7 nitrogen and oxygen atoms in total. The molecule has 0 saturated heterocycles. The molecule has 0 radical (unpaired) electrons. The number of hydrogen-bond donors (Lipinski definition) is 3. The largest absolute Gasteiger partial charge is 0.383 e. The Kier molecular flexibility index (Phi) is 2.61. The van der Waals surface area contributed by atoms with Crippen LogP contribution in [0.15, 0.2) is 9.59 Å². The van der Waals surface area contributed by atoms with Gasteiger partial charge in [-0.15, -0.1) is 0 Å². The monoisotopic (exact) mass is 199 g/mol. The highest BCUT2D eigenvalue weighted by Gasteiger charge is 2.09. The number of nitrogens with one attached hydrogen (secondary N) is 2. The van der Waals surface area contributed by atoms with Crippen LogP contribution in [0.4, 0.5) is 11.5 Å². The van der Waals surface area contributed by atoms with Gasteiger partial charge in [0.15, 0.2) is 5.69 Å². The lowest BCUT2D eigenvalue weighted by molar-refractivity contribution is 0.493. The van der Waals surface area contributed by atoms with E-state index in [1.807, 2.05) is 0 Å². The van der Waals surface area contributed by atoms with Crippen LogP contribution in [0, 0.1) is 0 Å². The molecule has 1 rings (SSSR count). The Morgan fingerprint density at radius 3 is 2.50 bits per heavy atom. The average molecular weight is 199 g/mol. The van der Waals surface area contributed by atoms with Crippen molar-refractivity contribution in [3.05, 3.63) is 20.8 Å². The summed E-state index contributed by atoms with van der Waals surface area (Å²) in [6.45, 7) is 0. The molecule has 14 heavy (non-hydrogen) atoms. The molecule has 0 bridgehead atoms. The van der Waals surface area contributed by atoms with Crippen LogP contribution in [0.2, 0.25) is 0 Å². The first kappa shape index (κ1) is 10.3. The fourth-order valence-corrected chi connectivity index (χ4v) is 0.969. The van der Waals surface area contributed by atoms with Gasteiger partial charge in [0.2, 0.25) is 0 Å². The summed E-state index contributed by atoms with van der Waals surface area (Å²) in [6, 6.07) is 0. The van der Waals surface area contributed by atoms with Crippen LogP contribution in [0.25, 0.3) is 0 Å². The number of hydrogen-bond acceptors (Lipinski definition) is 5. The summed E-state index contributed by atoms with van der Waals surface area (Å²) in [5.74, 6) is 0.104. The lowest BCUT2D eigenvalue weighted by Gasteiger charge is -2.15. The molecule has 78 valence electrons. The summed E-state index contributed by atoms with van der Waals surface area (Å²) in [7, 11) is 4.91. The molecule has 0 aliphatic carbocycles. The van der Waals surface area contributed by atoms with E-state index in [-0.39, 0.29) is 11.5 Å². The van der Waals surface area contributed by atoms with Gasteiger partial charge >= 0.3 is 5.69 Å². The van der Waals surface area contributed by atoms with Gasteiger partial charge in [-0.05, 0) is 0 Å². The fraction of sp³-hybridized carbons (Fsp3) is 0.429. The Hall–Kier alpha value is -1.76. The standard InChI is InChI=1S/C7H13N5O2/c1-11(2)10-4-5(8)12(3)7(14)9-6(4)13/h10H,8H2,1-3H3,(H,9,13,14). The first-order valence-corrected chi connectivity index (χ1v) is 3.96. The van der Waals surface area contributed by atoms with E-state index in [4.69, 9.17) is 5.73 Å². The van der Waals surface area contributed by atoms with Crippen LogP contribution in [-0.2, 0) is 7.05 Å². The Morgan fingerprint density at radius 2 is 2.00 bits per heavy atom. The molecule has 0 atom stereocenters. The van der Waals surface area contributed by atoms with E-state index in [9.17, 15) is 9.59 Å². The molecule has 0 aliphatic rings. The summed E-state index contributed by atoms with van der Waals surface area (Å²) in [5, 5.41) is 1.56. The summed E-state index contributed by atoms with van der Waals surface area (Å²) >= 11 is 0. The van der Waals surface area contributed by atoms with Gasteiger partial charge in [-0.2, -0.15) is 0 Å². The van der Waals surface area contributed by atoms with E-state index in [0.29, 0.717) is 0 Å². The van der Waals surface area contributed by atoms with Gasteiger partial charge in [0.05, 0.1) is 0 Å². The summed E-state index contributed by atoms with van der Waals surface area (Å²) in [4.78, 5) is 24.5. The van der Waals surface area contributed by atoms with Crippen molar-refractivity contribution in [3.8, 4) is 0 Å². The number of nitrogen functional groups attached to an aromatic ring is 1. The zero-order valence-corrected chi connectivity index (χ0v) is 8.29. The Bertz CT molecular complexity index is 444. The van der Waals surface area contributed by atoms with Gasteiger partial charge in [-0.25, -0.2) is 9.80 Å². The Morgan fingerprint density at radius 1 is 1.43 bits per heavy atom. The van der Waals surface area contributed by atoms with Gasteiger partial charge in [0, 0.05) is 21.1 Å². The number of H-pyrrole nitrogens is 1. The first-order valence-electron chi connectivity index (χ1n) is 3.96. The Balaban J connectivity index is 3.37. The average Bonchev–Trinajstić information content (AvgIpc) is 2.09. The minimum absolute atomic E-state index is 0.104. The van der Waals surface area contributed by atoms with E-state index in [1.54, 1.807) is 19.1 Å². The third-order valence-corrected chi connectivity index (χ3v) is 1.71. The van der Waals surface area contributed by atoms with Gasteiger partial charge in [-0.1, -0.05) is 0 Å². The summed E-state index contributed by atoms with van der Waals surface area (Å²) in [5.41, 5.74) is 7.41. The third-order valence-electron chi connectivity index (χ3n) is 1.71. The van der Waals surface area contributed by atoms with Crippen LogP contribution in [-0.4, -0.2) is 28.7 Å². The molecule has 0 saturated carbocycles. The second kappa shape index (κ2) is 3.54. The van der Waals surface area contributed by atoms with Gasteiger partial charge in [0.1, 0.15) is 5.82 Å². The maximum atomic E-state index is 11.3. The normalized spacial score (nSPS) is 10.6. The van der Waals surface area contributed by atoms with Crippen LogP contribution in [0.3, 0.4) is 0 Å². The molecule has 7 heteroatoms. The van der Waals surface area contributed by atoms with Crippen molar-refractivity contribution in [2.24, 2.45) is 7.05 Å². The molecular formula is C7H13N5O2. The maximum Gasteiger partial charge on any atom is 0.329 e. The van der Waals surface area contributed by atoms with Gasteiger partial charge in [-0.3, -0.25) is 14.3 Å². The second-order valence-corrected chi connectivity index (χ2v) is 3.08. The fourth-order valence-electron chi connectivity index (χ4n) is 0.969. The van der Waals surface area contributed by atoms with Crippen molar-refractivity contribution < 1.29 is 0 Å². The summed E-state index contributed by atoms with van der Waals surface area (Å²) in [6.07, 6.45) is 0. The minimum Gasteiger partial charge on any atom is -0.383 e. The molecule has 0 unspecified atom stereocenters. The van der Waals surface area contributed by atoms with E-state index in [0.717, 1.165) is 4.57 Å². The molecule has 0 aromatic carbocycles. The molecule has 1 aromatic rings. The van der Waals surface area contributed by atoms with Crippen molar-refractivity contribution in [3.63, 3.8) is 0 Å². The lowest BCUT2D eigenvalue weighted by Crippen LogP contribution is -2.35. The van der Waals surface area contributed by atoms with E-state index in [1.165, 1.54) is 7.05 Å². The summed E-state index contributed by atoms with van der Waals surface area (Å²) < 4.78 is 1.16. The molecule has 0 amide bonds. The number of hydrazine groups is 1. The predicted molar refractivity (Wildman–Crippen MR) is 54.0 cm³/mol. The van der Waals surface area contributed by atoms with E-state index < -0.39 is 11.2 Å². The number of nitrogens with two attached hydrogens (primary N) is 1. The number of anilines is 2. The zero-order valence-electron chi connectivity index (χ0n) is 8.29. The van der Waals surface area contributed by atoms with E-state index in [2.05, 4.69) is 10.4 Å². The maximum absolute atomic E-state index is 11.3. The smallest absolute Gasteiger partial charge is 0.329 e. The van der Waals surface area contributed by atoms with Crippen molar-refractivity contribution in [1.29, 1.82) is 0 Å². The minimum atomic E-state index is -0.531. The van der Waals surface area contributed by atoms with Gasteiger partial charge in [0.25, 0.3) is 5.56 Å². The number of nitrogens with zero attached hydrogens (tertiary/aromatic N) is 2. The number of aromatic amines is 1. The van der Waals surface area contributed by atoms with Crippen molar-refractivity contribution in [2.75, 3.05) is 25.3 Å². The number of aromatic nitrogens is 2. The van der Waals surface area contributed by atoms with Crippen molar-refractivity contribution in [1.82, 2.24) is 14.6 Å². The lowest BCUT2D eigenvalue weighted by atomic mass is 10.4. The predicted octanol–water partition coefficient (Wildman–Crippen LogP) is -1.46. The zero-order chi connectivity index (χ0) is 10.9. The first-order chi connectivity index (χ1) is 6.43. The van der Waals surface area contributed by atoms with Crippen LogP contribution in [0.1, 0.15) is 0 Å². The highest BCUT2D eigenvalue weighted by Crippen LogP contribution is 2.07. The van der Waals surface area contributed by atoms with E-state index >= 15 is 0 Å². The topological polar surface area (TPSA) is 96.2 Å². The van der Waals surface area contributed by atoms with Gasteiger partial charge < -0.3 is 11.2 Å². The van der Waals surface area contributed by atoms with Crippen molar-refractivity contribution in [2.45, 2.75) is 0 Å². The number of rotatable bonds is 2. The van der Waals surface area contributed by atoms with Crippen molar-refractivity contribution >= 4 is 11.5 Å². The third kappa shape index (κ3) is 1.77. The second-order valence-electron chi connectivity index (χ2n) is 3.08. The molecule has 4 N–H and O–H groups in total. The van der Waals surface area contributed by atoms with Crippen LogP contribution < -0.4 is 22.4 Å². The molecule has 0 aliphatic heterocycles.